The van der Waals surface area contributed by atoms with Crippen LogP contribution in [-0.4, -0.2) is 7.11 Å². The van der Waals surface area contributed by atoms with Gasteiger partial charge >= 0.3 is 0 Å². The molecular formula is C26H31ClN2O. The van der Waals surface area contributed by atoms with Gasteiger partial charge in [0.1, 0.15) is 0 Å². The number of nitriles is 1. The lowest BCUT2D eigenvalue weighted by molar-refractivity contribution is 0.276. The van der Waals surface area contributed by atoms with Crippen molar-refractivity contribution in [2.75, 3.05) is 12.8 Å². The Balaban J connectivity index is 2.05. The molecule has 2 aromatic carbocycles. The highest BCUT2D eigenvalue weighted by atomic mass is 35.5. The fourth-order valence-electron chi connectivity index (χ4n) is 3.56. The fourth-order valence-corrected chi connectivity index (χ4v) is 3.78. The van der Waals surface area contributed by atoms with E-state index < -0.39 is 5.41 Å². The van der Waals surface area contributed by atoms with Crippen LogP contribution in [0.2, 0.25) is 5.02 Å². The van der Waals surface area contributed by atoms with Crippen molar-refractivity contribution in [3.63, 3.8) is 0 Å². The summed E-state index contributed by atoms with van der Waals surface area (Å²) >= 11 is 6.10. The summed E-state index contributed by atoms with van der Waals surface area (Å²) in [5, 5.41) is 10.6. The SMILES string of the molecule is C=C(CCCCCC(=C)c1ccc(C(C)(C#N)Cc2cccc(Cl)c2)cc1N)OC. The van der Waals surface area contributed by atoms with Crippen LogP contribution < -0.4 is 5.73 Å². The van der Waals surface area contributed by atoms with E-state index in [9.17, 15) is 5.26 Å². The smallest absolute Gasteiger partial charge is 0.0883 e. The molecule has 3 nitrogen and oxygen atoms in total. The topological polar surface area (TPSA) is 59.0 Å². The first-order valence-corrected chi connectivity index (χ1v) is 10.6. The molecule has 1 unspecified atom stereocenters. The van der Waals surface area contributed by atoms with Gasteiger partial charge in [-0.05, 0) is 67.5 Å². The lowest BCUT2D eigenvalue weighted by atomic mass is 9.78. The van der Waals surface area contributed by atoms with Crippen LogP contribution in [0.25, 0.3) is 5.57 Å². The summed E-state index contributed by atoms with van der Waals surface area (Å²) in [7, 11) is 1.66. The number of allylic oxidation sites excluding steroid dienone is 2. The molecule has 0 saturated carbocycles. The summed E-state index contributed by atoms with van der Waals surface area (Å²) in [5.41, 5.74) is 10.2. The largest absolute Gasteiger partial charge is 0.502 e. The summed E-state index contributed by atoms with van der Waals surface area (Å²) < 4.78 is 5.10. The minimum atomic E-state index is -0.692. The zero-order chi connectivity index (χ0) is 22.1. The molecule has 4 heteroatoms. The third kappa shape index (κ3) is 6.40. The van der Waals surface area contributed by atoms with Crippen molar-refractivity contribution in [3.05, 3.63) is 83.1 Å². The van der Waals surface area contributed by atoms with Crippen LogP contribution in [0.3, 0.4) is 0 Å². The highest BCUT2D eigenvalue weighted by Gasteiger charge is 2.27. The van der Waals surface area contributed by atoms with Gasteiger partial charge in [0.15, 0.2) is 0 Å². The summed E-state index contributed by atoms with van der Waals surface area (Å²) in [6.45, 7) is 10.0. The van der Waals surface area contributed by atoms with Gasteiger partial charge in [0, 0.05) is 22.7 Å². The zero-order valence-corrected chi connectivity index (χ0v) is 18.8. The number of rotatable bonds is 11. The number of hydrogen-bond acceptors (Lipinski definition) is 3. The Hall–Kier alpha value is -2.70. The number of anilines is 1. The van der Waals surface area contributed by atoms with Gasteiger partial charge in [0.05, 0.1) is 24.4 Å². The zero-order valence-electron chi connectivity index (χ0n) is 18.0. The van der Waals surface area contributed by atoms with Gasteiger partial charge in [-0.1, -0.05) is 55.4 Å². The van der Waals surface area contributed by atoms with Crippen molar-refractivity contribution < 1.29 is 4.74 Å². The first kappa shape index (κ1) is 23.6. The number of methoxy groups -OCH3 is 1. The number of ether oxygens (including phenoxy) is 1. The van der Waals surface area contributed by atoms with Crippen molar-refractivity contribution >= 4 is 22.9 Å². The van der Waals surface area contributed by atoms with Crippen molar-refractivity contribution in [2.24, 2.45) is 0 Å². The predicted molar refractivity (Wildman–Crippen MR) is 127 cm³/mol. The molecule has 0 aliphatic carbocycles. The maximum absolute atomic E-state index is 9.91. The lowest BCUT2D eigenvalue weighted by Crippen LogP contribution is -2.23. The van der Waals surface area contributed by atoms with Gasteiger partial charge in [0.25, 0.3) is 0 Å². The molecule has 0 amide bonds. The van der Waals surface area contributed by atoms with Crippen LogP contribution in [0.4, 0.5) is 5.69 Å². The molecule has 0 saturated heterocycles. The van der Waals surface area contributed by atoms with Crippen molar-refractivity contribution in [3.8, 4) is 6.07 Å². The third-order valence-electron chi connectivity index (χ3n) is 5.49. The van der Waals surface area contributed by atoms with Gasteiger partial charge < -0.3 is 10.5 Å². The molecule has 0 spiro atoms. The second-order valence-electron chi connectivity index (χ2n) is 7.96. The Morgan fingerprint density at radius 1 is 1.13 bits per heavy atom. The van der Waals surface area contributed by atoms with E-state index in [0.29, 0.717) is 17.1 Å². The van der Waals surface area contributed by atoms with Crippen LogP contribution in [-0.2, 0) is 16.6 Å². The minimum absolute atomic E-state index is 0.566. The molecule has 1 atom stereocenters. The Labute approximate surface area is 185 Å². The van der Waals surface area contributed by atoms with E-state index in [0.717, 1.165) is 60.1 Å². The van der Waals surface area contributed by atoms with Gasteiger partial charge in [-0.15, -0.1) is 0 Å². The van der Waals surface area contributed by atoms with Crippen LogP contribution in [0.15, 0.2) is 61.4 Å². The highest BCUT2D eigenvalue weighted by molar-refractivity contribution is 6.30. The Morgan fingerprint density at radius 2 is 1.87 bits per heavy atom. The fraction of sp³-hybridized carbons (Fsp3) is 0.346. The maximum Gasteiger partial charge on any atom is 0.0883 e. The van der Waals surface area contributed by atoms with E-state index in [4.69, 9.17) is 22.1 Å². The van der Waals surface area contributed by atoms with E-state index in [1.54, 1.807) is 7.11 Å². The molecule has 0 aliphatic heterocycles. The first-order valence-electron chi connectivity index (χ1n) is 10.2. The second kappa shape index (κ2) is 10.9. The van der Waals surface area contributed by atoms with Crippen molar-refractivity contribution in [2.45, 2.75) is 50.9 Å². The quantitative estimate of drug-likeness (QED) is 0.239. The molecule has 0 aliphatic rings. The second-order valence-corrected chi connectivity index (χ2v) is 8.40. The van der Waals surface area contributed by atoms with Crippen LogP contribution in [0, 0.1) is 11.3 Å². The summed E-state index contributed by atoms with van der Waals surface area (Å²) in [6.07, 6.45) is 5.53. The van der Waals surface area contributed by atoms with Gasteiger partial charge in [-0.3, -0.25) is 0 Å². The average molecular weight is 423 g/mol. The van der Waals surface area contributed by atoms with Crippen LogP contribution in [0.1, 0.15) is 55.7 Å². The van der Waals surface area contributed by atoms with Crippen molar-refractivity contribution in [1.29, 1.82) is 5.26 Å². The lowest BCUT2D eigenvalue weighted by Gasteiger charge is -2.24. The Kier molecular flexibility index (Phi) is 8.57. The van der Waals surface area contributed by atoms with Crippen LogP contribution >= 0.6 is 11.6 Å². The molecule has 0 bridgehead atoms. The number of benzene rings is 2. The van der Waals surface area contributed by atoms with E-state index in [1.165, 1.54) is 0 Å². The monoisotopic (exact) mass is 422 g/mol. The molecule has 158 valence electrons. The molecule has 2 rings (SSSR count). The predicted octanol–water partition coefficient (Wildman–Crippen LogP) is 7.07. The third-order valence-corrected chi connectivity index (χ3v) is 5.72. The van der Waals surface area contributed by atoms with Gasteiger partial charge in [-0.2, -0.15) is 5.26 Å². The minimum Gasteiger partial charge on any atom is -0.502 e. The average Bonchev–Trinajstić information content (AvgIpc) is 2.72. The molecule has 2 N–H and O–H groups in total. The molecule has 0 aromatic heterocycles. The summed E-state index contributed by atoms with van der Waals surface area (Å²) in [5.74, 6) is 0.826. The molecule has 0 heterocycles. The van der Waals surface area contributed by atoms with Gasteiger partial charge in [0.2, 0.25) is 0 Å². The van der Waals surface area contributed by atoms with Crippen molar-refractivity contribution in [1.82, 2.24) is 0 Å². The van der Waals surface area contributed by atoms with E-state index in [2.05, 4.69) is 19.2 Å². The number of hydrogen-bond donors (Lipinski definition) is 1. The number of nitrogen functional groups attached to an aromatic ring is 1. The van der Waals surface area contributed by atoms with E-state index >= 15 is 0 Å². The van der Waals surface area contributed by atoms with E-state index in [-0.39, 0.29) is 0 Å². The maximum atomic E-state index is 9.91. The van der Waals surface area contributed by atoms with Crippen LogP contribution in [0.5, 0.6) is 0 Å². The van der Waals surface area contributed by atoms with Gasteiger partial charge in [-0.25, -0.2) is 0 Å². The molecule has 2 aromatic rings. The normalized spacial score (nSPS) is 12.6. The first-order chi connectivity index (χ1) is 14.3. The standard InChI is InChI=1S/C26H31ClN2O/c1-19(9-6-5-7-10-20(2)30-4)24-14-13-22(16-25(24)29)26(3,18-28)17-21-11-8-12-23(27)15-21/h8,11-16H,1-2,5-7,9-10,17,29H2,3-4H3. The molecule has 0 radical (unpaired) electrons. The number of nitrogens with zero attached hydrogens (tertiary/aromatic N) is 1. The number of nitrogens with two attached hydrogens (primary N) is 1. The number of unbranched alkanes of at least 4 members (excludes halogenated alkanes) is 2. The Morgan fingerprint density at radius 3 is 2.50 bits per heavy atom. The highest BCUT2D eigenvalue weighted by Crippen LogP contribution is 2.33. The molecule has 0 fully saturated rings. The summed E-state index contributed by atoms with van der Waals surface area (Å²) in [6, 6.07) is 16.0. The number of halogens is 1. The molecular weight excluding hydrogens is 392 g/mol. The molecule has 30 heavy (non-hydrogen) atoms. The summed E-state index contributed by atoms with van der Waals surface area (Å²) in [4.78, 5) is 0. The Bertz CT molecular complexity index is 944. The van der Waals surface area contributed by atoms with E-state index in [1.807, 2.05) is 49.4 Å².